The molecule has 19 heavy (non-hydrogen) atoms. The van der Waals surface area contributed by atoms with Crippen molar-refractivity contribution >= 4 is 5.69 Å². The average molecular weight is 259 g/mol. The molecule has 0 amide bonds. The van der Waals surface area contributed by atoms with Gasteiger partial charge in [-0.25, -0.2) is 0 Å². The van der Waals surface area contributed by atoms with Crippen LogP contribution in [0.1, 0.15) is 18.4 Å². The van der Waals surface area contributed by atoms with Gasteiger partial charge in [0.2, 0.25) is 0 Å². The fourth-order valence-electron chi connectivity index (χ4n) is 2.57. The Morgan fingerprint density at radius 3 is 3.11 bits per heavy atom. The molecule has 0 aliphatic carbocycles. The summed E-state index contributed by atoms with van der Waals surface area (Å²) < 4.78 is 5.48. The molecule has 0 bridgehead atoms. The number of hydrogen-bond acceptors (Lipinski definition) is 4. The molecule has 1 saturated heterocycles. The van der Waals surface area contributed by atoms with Crippen LogP contribution < -0.4 is 15.0 Å². The fourth-order valence-corrected chi connectivity index (χ4v) is 2.57. The van der Waals surface area contributed by atoms with Crippen LogP contribution >= 0.6 is 0 Å². The zero-order valence-corrected chi connectivity index (χ0v) is 11.6. The molecule has 1 aromatic carbocycles. The van der Waals surface area contributed by atoms with Gasteiger partial charge in [-0.3, -0.25) is 0 Å². The van der Waals surface area contributed by atoms with Gasteiger partial charge in [0.1, 0.15) is 5.75 Å². The van der Waals surface area contributed by atoms with Crippen LogP contribution in [-0.2, 0) is 0 Å². The van der Waals surface area contributed by atoms with Crippen molar-refractivity contribution in [2.45, 2.75) is 25.8 Å². The lowest BCUT2D eigenvalue weighted by Crippen LogP contribution is -2.39. The summed E-state index contributed by atoms with van der Waals surface area (Å²) in [7, 11) is 1.70. The zero-order valence-electron chi connectivity index (χ0n) is 11.6. The maximum Gasteiger partial charge on any atom is 0.142 e. The van der Waals surface area contributed by atoms with Crippen molar-refractivity contribution in [3.05, 3.63) is 23.8 Å². The average Bonchev–Trinajstić information content (AvgIpc) is 2.64. The minimum Gasteiger partial charge on any atom is -0.495 e. The number of anilines is 1. The van der Waals surface area contributed by atoms with Gasteiger partial charge in [-0.05, 0) is 37.6 Å². The fraction of sp³-hybridized carbons (Fsp3) is 0.533. The van der Waals surface area contributed by atoms with Crippen LogP contribution in [0.4, 0.5) is 5.69 Å². The SMILES string of the molecule is COc1ccc(C)cc1N1CCCNCC1CC#N. The molecule has 0 saturated carbocycles. The van der Waals surface area contributed by atoms with E-state index in [-0.39, 0.29) is 6.04 Å². The summed E-state index contributed by atoms with van der Waals surface area (Å²) in [6.45, 7) is 4.90. The van der Waals surface area contributed by atoms with Crippen molar-refractivity contribution < 1.29 is 4.74 Å². The summed E-state index contributed by atoms with van der Waals surface area (Å²) in [5, 5.41) is 12.4. The van der Waals surface area contributed by atoms with Gasteiger partial charge < -0.3 is 15.0 Å². The van der Waals surface area contributed by atoms with Crippen molar-refractivity contribution in [1.82, 2.24) is 5.32 Å². The highest BCUT2D eigenvalue weighted by Gasteiger charge is 2.23. The number of nitriles is 1. The second kappa shape index (κ2) is 6.44. The quantitative estimate of drug-likeness (QED) is 0.903. The number of hydrogen-bond donors (Lipinski definition) is 1. The summed E-state index contributed by atoms with van der Waals surface area (Å²) >= 11 is 0. The van der Waals surface area contributed by atoms with E-state index in [0.29, 0.717) is 6.42 Å². The number of benzene rings is 1. The highest BCUT2D eigenvalue weighted by Crippen LogP contribution is 2.31. The predicted molar refractivity (Wildman–Crippen MR) is 76.6 cm³/mol. The van der Waals surface area contributed by atoms with E-state index in [1.807, 2.05) is 6.07 Å². The molecule has 102 valence electrons. The molecule has 4 nitrogen and oxygen atoms in total. The van der Waals surface area contributed by atoms with Gasteiger partial charge >= 0.3 is 0 Å². The van der Waals surface area contributed by atoms with E-state index in [4.69, 9.17) is 10.00 Å². The van der Waals surface area contributed by atoms with Crippen LogP contribution in [0.2, 0.25) is 0 Å². The van der Waals surface area contributed by atoms with Crippen LogP contribution in [0.25, 0.3) is 0 Å². The Bertz CT molecular complexity index is 467. The molecule has 1 unspecified atom stereocenters. The zero-order chi connectivity index (χ0) is 13.7. The Kier molecular flexibility index (Phi) is 4.64. The van der Waals surface area contributed by atoms with E-state index in [1.165, 1.54) is 5.56 Å². The smallest absolute Gasteiger partial charge is 0.142 e. The lowest BCUT2D eigenvalue weighted by atomic mass is 10.1. The van der Waals surface area contributed by atoms with E-state index < -0.39 is 0 Å². The van der Waals surface area contributed by atoms with Gasteiger partial charge in [-0.15, -0.1) is 0 Å². The number of nitrogens with one attached hydrogen (secondary N) is 1. The normalized spacial score (nSPS) is 19.6. The first kappa shape index (κ1) is 13.7. The third kappa shape index (κ3) is 3.18. The molecule has 1 heterocycles. The Morgan fingerprint density at radius 2 is 2.37 bits per heavy atom. The molecule has 0 aromatic heterocycles. The Morgan fingerprint density at radius 1 is 1.53 bits per heavy atom. The topological polar surface area (TPSA) is 48.3 Å². The molecule has 1 fully saturated rings. The third-order valence-corrected chi connectivity index (χ3v) is 3.54. The predicted octanol–water partition coefficient (Wildman–Crippen LogP) is 2.09. The molecule has 1 atom stereocenters. The van der Waals surface area contributed by atoms with Gasteiger partial charge in [-0.1, -0.05) is 6.07 Å². The molecule has 0 radical (unpaired) electrons. The summed E-state index contributed by atoms with van der Waals surface area (Å²) in [6.07, 6.45) is 1.61. The van der Waals surface area contributed by atoms with Gasteiger partial charge in [0.15, 0.2) is 0 Å². The van der Waals surface area contributed by atoms with Gasteiger partial charge in [0.25, 0.3) is 0 Å². The highest BCUT2D eigenvalue weighted by atomic mass is 16.5. The molecule has 1 aliphatic heterocycles. The Hall–Kier alpha value is -1.73. The van der Waals surface area contributed by atoms with Gasteiger partial charge in [0.05, 0.1) is 31.3 Å². The number of rotatable bonds is 3. The van der Waals surface area contributed by atoms with Crippen LogP contribution in [-0.4, -0.2) is 32.8 Å². The molecular formula is C15H21N3O. The minimum absolute atomic E-state index is 0.211. The number of ether oxygens (including phenoxy) is 1. The molecule has 1 N–H and O–H groups in total. The number of nitrogens with zero attached hydrogens (tertiary/aromatic N) is 2. The van der Waals surface area contributed by atoms with E-state index in [9.17, 15) is 0 Å². The molecule has 1 aliphatic rings. The van der Waals surface area contributed by atoms with Crippen LogP contribution in [0, 0.1) is 18.3 Å². The Labute approximate surface area is 115 Å². The molecule has 0 spiro atoms. The third-order valence-electron chi connectivity index (χ3n) is 3.54. The summed E-state index contributed by atoms with van der Waals surface area (Å²) in [4.78, 5) is 2.31. The second-order valence-electron chi connectivity index (χ2n) is 4.94. The second-order valence-corrected chi connectivity index (χ2v) is 4.94. The van der Waals surface area contributed by atoms with Crippen molar-refractivity contribution in [2.75, 3.05) is 31.6 Å². The lowest BCUT2D eigenvalue weighted by Gasteiger charge is -2.31. The maximum atomic E-state index is 9.02. The molecular weight excluding hydrogens is 238 g/mol. The summed E-state index contributed by atoms with van der Waals surface area (Å²) in [5.74, 6) is 0.885. The number of methoxy groups -OCH3 is 1. The van der Waals surface area contributed by atoms with Crippen molar-refractivity contribution in [3.8, 4) is 11.8 Å². The Balaban J connectivity index is 2.35. The summed E-state index contributed by atoms with van der Waals surface area (Å²) in [6, 6.07) is 8.71. The minimum atomic E-state index is 0.211. The van der Waals surface area contributed by atoms with E-state index in [1.54, 1.807) is 7.11 Å². The maximum absolute atomic E-state index is 9.02. The molecule has 2 rings (SSSR count). The number of aryl methyl sites for hydroxylation is 1. The van der Waals surface area contributed by atoms with Gasteiger partial charge in [-0.2, -0.15) is 5.26 Å². The molecule has 4 heteroatoms. The molecule has 1 aromatic rings. The van der Waals surface area contributed by atoms with Crippen molar-refractivity contribution in [1.29, 1.82) is 5.26 Å². The van der Waals surface area contributed by atoms with Crippen molar-refractivity contribution in [2.24, 2.45) is 0 Å². The van der Waals surface area contributed by atoms with Crippen LogP contribution in [0.15, 0.2) is 18.2 Å². The van der Waals surface area contributed by atoms with Crippen LogP contribution in [0.3, 0.4) is 0 Å². The first-order valence-corrected chi connectivity index (χ1v) is 6.75. The lowest BCUT2D eigenvalue weighted by molar-refractivity contribution is 0.412. The first-order valence-electron chi connectivity index (χ1n) is 6.75. The first-order chi connectivity index (χ1) is 9.26. The standard InChI is InChI=1S/C15H21N3O/c1-12-4-5-15(19-2)14(10-12)18-9-3-8-17-11-13(18)6-7-16/h4-5,10,13,17H,3,6,8-9,11H2,1-2H3. The van der Waals surface area contributed by atoms with Crippen LogP contribution in [0.5, 0.6) is 5.75 Å². The highest BCUT2D eigenvalue weighted by molar-refractivity contribution is 5.61. The van der Waals surface area contributed by atoms with E-state index >= 15 is 0 Å². The largest absolute Gasteiger partial charge is 0.495 e. The van der Waals surface area contributed by atoms with Crippen molar-refractivity contribution in [3.63, 3.8) is 0 Å². The van der Waals surface area contributed by atoms with E-state index in [2.05, 4.69) is 35.3 Å². The van der Waals surface area contributed by atoms with Gasteiger partial charge in [0, 0.05) is 13.1 Å². The van der Waals surface area contributed by atoms with E-state index in [0.717, 1.165) is 37.5 Å². The monoisotopic (exact) mass is 259 g/mol. The summed E-state index contributed by atoms with van der Waals surface area (Å²) in [5.41, 5.74) is 2.31.